The molecule has 1 aliphatic heterocycles. The molecule has 132 valence electrons. The molecule has 0 unspecified atom stereocenters. The van der Waals surface area contributed by atoms with Crippen LogP contribution in [0, 0.1) is 19.8 Å². The molecule has 1 aromatic heterocycles. The van der Waals surface area contributed by atoms with Gasteiger partial charge >= 0.3 is 0 Å². The molecule has 1 amide bonds. The Labute approximate surface area is 149 Å². The number of hydrogen-bond donors (Lipinski definition) is 0. The van der Waals surface area contributed by atoms with Crippen molar-refractivity contribution in [3.05, 3.63) is 59.2 Å². The number of benzene rings is 1. The molecule has 1 saturated heterocycles. The van der Waals surface area contributed by atoms with E-state index in [9.17, 15) is 4.79 Å². The Hall–Kier alpha value is -2.27. The summed E-state index contributed by atoms with van der Waals surface area (Å²) in [7, 11) is 1.76. The summed E-state index contributed by atoms with van der Waals surface area (Å²) in [6, 6.07) is 8.54. The number of aryl methyl sites for hydroxylation is 2. The van der Waals surface area contributed by atoms with Crippen LogP contribution in [-0.2, 0) is 11.2 Å². The van der Waals surface area contributed by atoms with E-state index in [0.29, 0.717) is 18.8 Å². The number of methoxy groups -OCH3 is 1. The number of ether oxygens (including phenoxy) is 1. The first-order valence-electron chi connectivity index (χ1n) is 8.73. The van der Waals surface area contributed by atoms with E-state index in [2.05, 4.69) is 41.2 Å². The van der Waals surface area contributed by atoms with E-state index >= 15 is 0 Å². The standard InChI is InChI=1S/C20H25N3O2/c1-14-5-4-6-16(9-14)10-17-13-23(8-7-19(17)25-3)20(24)18-12-21-15(2)11-22-18/h4-6,9,11-12,17,19H,7-8,10,13H2,1-3H3/t17-,19+/m0/s1. The fourth-order valence-electron chi connectivity index (χ4n) is 3.51. The van der Waals surface area contributed by atoms with Crippen molar-refractivity contribution in [2.75, 3.05) is 20.2 Å². The molecule has 2 atom stereocenters. The highest BCUT2D eigenvalue weighted by molar-refractivity contribution is 5.92. The van der Waals surface area contributed by atoms with Gasteiger partial charge in [-0.1, -0.05) is 29.8 Å². The van der Waals surface area contributed by atoms with Gasteiger partial charge in [0, 0.05) is 32.3 Å². The minimum absolute atomic E-state index is 0.0451. The van der Waals surface area contributed by atoms with Gasteiger partial charge in [-0.05, 0) is 32.3 Å². The highest BCUT2D eigenvalue weighted by Crippen LogP contribution is 2.25. The smallest absolute Gasteiger partial charge is 0.274 e. The number of likely N-dealkylation sites (tertiary alicyclic amines) is 1. The normalized spacial score (nSPS) is 20.5. The lowest BCUT2D eigenvalue weighted by molar-refractivity contribution is -0.00319. The molecule has 5 heteroatoms. The van der Waals surface area contributed by atoms with Gasteiger partial charge in [0.15, 0.2) is 0 Å². The topological polar surface area (TPSA) is 55.3 Å². The Morgan fingerprint density at radius 3 is 2.80 bits per heavy atom. The largest absolute Gasteiger partial charge is 0.381 e. The first-order chi connectivity index (χ1) is 12.1. The van der Waals surface area contributed by atoms with Crippen LogP contribution in [0.15, 0.2) is 36.7 Å². The zero-order chi connectivity index (χ0) is 17.8. The molecule has 2 heterocycles. The average Bonchev–Trinajstić information content (AvgIpc) is 2.62. The number of rotatable bonds is 4. The van der Waals surface area contributed by atoms with Crippen molar-refractivity contribution in [3.63, 3.8) is 0 Å². The van der Waals surface area contributed by atoms with Crippen molar-refractivity contribution in [1.82, 2.24) is 14.9 Å². The third-order valence-electron chi connectivity index (χ3n) is 4.83. The Morgan fingerprint density at radius 1 is 1.28 bits per heavy atom. The lowest BCUT2D eigenvalue weighted by Crippen LogP contribution is -2.47. The molecule has 0 saturated carbocycles. The molecular weight excluding hydrogens is 314 g/mol. The van der Waals surface area contributed by atoms with Crippen LogP contribution in [0.1, 0.15) is 33.7 Å². The summed E-state index contributed by atoms with van der Waals surface area (Å²) >= 11 is 0. The maximum atomic E-state index is 12.7. The van der Waals surface area contributed by atoms with Crippen LogP contribution in [0.5, 0.6) is 0 Å². The number of amides is 1. The van der Waals surface area contributed by atoms with Crippen molar-refractivity contribution >= 4 is 5.91 Å². The van der Waals surface area contributed by atoms with Crippen LogP contribution < -0.4 is 0 Å². The molecular formula is C20H25N3O2. The third kappa shape index (κ3) is 4.23. The van der Waals surface area contributed by atoms with Gasteiger partial charge < -0.3 is 9.64 Å². The summed E-state index contributed by atoms with van der Waals surface area (Å²) in [4.78, 5) is 23.0. The van der Waals surface area contributed by atoms with Crippen molar-refractivity contribution in [2.45, 2.75) is 32.8 Å². The maximum absolute atomic E-state index is 12.7. The van der Waals surface area contributed by atoms with Crippen molar-refractivity contribution in [2.24, 2.45) is 5.92 Å². The third-order valence-corrected chi connectivity index (χ3v) is 4.83. The summed E-state index contributed by atoms with van der Waals surface area (Å²) in [5.41, 5.74) is 3.77. The van der Waals surface area contributed by atoms with E-state index in [4.69, 9.17) is 4.74 Å². The van der Waals surface area contributed by atoms with Crippen LogP contribution in [0.25, 0.3) is 0 Å². The van der Waals surface area contributed by atoms with Crippen molar-refractivity contribution in [1.29, 1.82) is 0 Å². The molecule has 1 fully saturated rings. The van der Waals surface area contributed by atoms with Crippen LogP contribution in [0.4, 0.5) is 0 Å². The second-order valence-corrected chi connectivity index (χ2v) is 6.81. The Morgan fingerprint density at radius 2 is 2.12 bits per heavy atom. The maximum Gasteiger partial charge on any atom is 0.274 e. The summed E-state index contributed by atoms with van der Waals surface area (Å²) in [6.07, 6.45) is 5.13. The van der Waals surface area contributed by atoms with Gasteiger partial charge in [0.2, 0.25) is 0 Å². The van der Waals surface area contributed by atoms with Gasteiger partial charge in [0.1, 0.15) is 5.69 Å². The van der Waals surface area contributed by atoms with Crippen LogP contribution in [-0.4, -0.2) is 47.1 Å². The molecule has 25 heavy (non-hydrogen) atoms. The van der Waals surface area contributed by atoms with Gasteiger partial charge in [-0.2, -0.15) is 0 Å². The van der Waals surface area contributed by atoms with Gasteiger partial charge in [0.25, 0.3) is 5.91 Å². The SMILES string of the molecule is CO[C@@H]1CCN(C(=O)c2cnc(C)cn2)C[C@@H]1Cc1cccc(C)c1. The minimum atomic E-state index is -0.0451. The van der Waals surface area contributed by atoms with Crippen LogP contribution in [0.2, 0.25) is 0 Å². The molecule has 0 bridgehead atoms. The van der Waals surface area contributed by atoms with Crippen LogP contribution >= 0.6 is 0 Å². The molecule has 0 N–H and O–H groups in total. The molecule has 1 aliphatic rings. The summed E-state index contributed by atoms with van der Waals surface area (Å²) in [5, 5.41) is 0. The molecule has 5 nitrogen and oxygen atoms in total. The molecule has 0 aliphatic carbocycles. The average molecular weight is 339 g/mol. The zero-order valence-electron chi connectivity index (χ0n) is 15.1. The fourth-order valence-corrected chi connectivity index (χ4v) is 3.51. The number of piperidine rings is 1. The summed E-state index contributed by atoms with van der Waals surface area (Å²) < 4.78 is 5.69. The second-order valence-electron chi connectivity index (χ2n) is 6.81. The highest BCUT2D eigenvalue weighted by Gasteiger charge is 2.32. The lowest BCUT2D eigenvalue weighted by Gasteiger charge is -2.38. The Kier molecular flexibility index (Phi) is 5.43. The van der Waals surface area contributed by atoms with E-state index < -0.39 is 0 Å². The predicted molar refractivity (Wildman–Crippen MR) is 96.5 cm³/mol. The van der Waals surface area contributed by atoms with E-state index in [1.807, 2.05) is 11.8 Å². The summed E-state index contributed by atoms with van der Waals surface area (Å²) in [5.74, 6) is 0.235. The van der Waals surface area contributed by atoms with Gasteiger partial charge in [-0.3, -0.25) is 9.78 Å². The van der Waals surface area contributed by atoms with Gasteiger partial charge in [-0.25, -0.2) is 4.98 Å². The predicted octanol–water partition coefficient (Wildman–Crippen LogP) is 2.81. The number of hydrogen-bond acceptors (Lipinski definition) is 4. The monoisotopic (exact) mass is 339 g/mol. The van der Waals surface area contributed by atoms with Gasteiger partial charge in [-0.15, -0.1) is 0 Å². The molecule has 3 rings (SSSR count). The van der Waals surface area contributed by atoms with E-state index in [1.54, 1.807) is 19.5 Å². The zero-order valence-corrected chi connectivity index (χ0v) is 15.1. The first-order valence-corrected chi connectivity index (χ1v) is 8.73. The van der Waals surface area contributed by atoms with E-state index in [1.165, 1.54) is 11.1 Å². The number of aromatic nitrogens is 2. The van der Waals surface area contributed by atoms with Crippen molar-refractivity contribution in [3.8, 4) is 0 Å². The van der Waals surface area contributed by atoms with E-state index in [0.717, 1.165) is 18.5 Å². The lowest BCUT2D eigenvalue weighted by atomic mass is 9.88. The molecule has 2 aromatic rings. The Balaban J connectivity index is 1.73. The highest BCUT2D eigenvalue weighted by atomic mass is 16.5. The molecule has 0 spiro atoms. The Bertz CT molecular complexity index is 730. The second kappa shape index (κ2) is 7.74. The number of carbonyl (C=O) groups is 1. The molecule has 1 aromatic carbocycles. The van der Waals surface area contributed by atoms with E-state index in [-0.39, 0.29) is 17.9 Å². The number of nitrogens with zero attached hydrogens (tertiary/aromatic N) is 3. The fraction of sp³-hybridized carbons (Fsp3) is 0.450. The first kappa shape index (κ1) is 17.5. The van der Waals surface area contributed by atoms with Crippen LogP contribution in [0.3, 0.4) is 0 Å². The quantitative estimate of drug-likeness (QED) is 0.859. The molecule has 0 radical (unpaired) electrons. The van der Waals surface area contributed by atoms with Crippen molar-refractivity contribution < 1.29 is 9.53 Å². The number of carbonyl (C=O) groups excluding carboxylic acids is 1. The van der Waals surface area contributed by atoms with Gasteiger partial charge in [0.05, 0.1) is 18.0 Å². The summed E-state index contributed by atoms with van der Waals surface area (Å²) in [6.45, 7) is 5.34. The minimum Gasteiger partial charge on any atom is -0.381 e.